The van der Waals surface area contributed by atoms with Gasteiger partial charge in [0, 0.05) is 5.92 Å². The SMILES string of the molecule is C.C=CCOCOCCO.CC=O.CC[C@@H]1C=C(C)C=CC1C=C(C)C. The van der Waals surface area contributed by atoms with E-state index in [1.807, 2.05) is 0 Å². The lowest BCUT2D eigenvalue weighted by atomic mass is 9.83. The minimum Gasteiger partial charge on any atom is -0.394 e. The summed E-state index contributed by atoms with van der Waals surface area (Å²) in [6, 6.07) is 0. The van der Waals surface area contributed by atoms with Gasteiger partial charge in [-0.25, -0.2) is 0 Å². The summed E-state index contributed by atoms with van der Waals surface area (Å²) in [5, 5.41) is 8.22. The zero-order valence-electron chi connectivity index (χ0n) is 16.5. The molecule has 0 aromatic heterocycles. The molecule has 0 bridgehead atoms. The molecule has 4 heteroatoms. The van der Waals surface area contributed by atoms with Crippen molar-refractivity contribution in [2.45, 2.75) is 48.5 Å². The minimum atomic E-state index is 0. The Balaban J connectivity index is -0.000000358. The first-order valence-corrected chi connectivity index (χ1v) is 8.75. The van der Waals surface area contributed by atoms with Crippen LogP contribution in [-0.4, -0.2) is 38.0 Å². The van der Waals surface area contributed by atoms with Crippen molar-refractivity contribution in [2.75, 3.05) is 26.6 Å². The number of carbonyl (C=O) groups is 1. The standard InChI is InChI=1S/C13H20.C6H12O3.C2H4O.CH4/c1-5-12-9-11(4)6-7-13(12)8-10(2)3;1-2-4-8-6-9-5-3-7;1-2-3;/h6-9,12-13H,5H2,1-4H3;2,7H,1,3-6H2;2H,1H3;1H4/t12-,13?;;;/m1.../s1. The van der Waals surface area contributed by atoms with Crippen molar-refractivity contribution in [1.29, 1.82) is 0 Å². The van der Waals surface area contributed by atoms with Crippen LogP contribution in [0.1, 0.15) is 48.5 Å². The molecule has 0 saturated carbocycles. The zero-order valence-corrected chi connectivity index (χ0v) is 16.5. The molecular formula is C22H40O4. The number of ether oxygens (including phenoxy) is 2. The molecule has 0 spiro atoms. The first kappa shape index (κ1) is 29.3. The predicted octanol–water partition coefficient (Wildman–Crippen LogP) is 5.11. The van der Waals surface area contributed by atoms with Crippen molar-refractivity contribution in [2.24, 2.45) is 11.8 Å². The van der Waals surface area contributed by atoms with E-state index in [-0.39, 0.29) is 20.8 Å². The lowest BCUT2D eigenvalue weighted by Gasteiger charge is -2.22. The number of aliphatic hydroxyl groups excluding tert-OH is 1. The molecule has 0 saturated heterocycles. The Morgan fingerprint density at radius 2 is 1.96 bits per heavy atom. The maximum absolute atomic E-state index is 8.81. The molecule has 1 rings (SSSR count). The van der Waals surface area contributed by atoms with Gasteiger partial charge in [0.05, 0.1) is 19.8 Å². The van der Waals surface area contributed by atoms with Gasteiger partial charge >= 0.3 is 0 Å². The normalized spacial score (nSPS) is 17.2. The Bertz CT molecular complexity index is 418. The van der Waals surface area contributed by atoms with Gasteiger partial charge in [-0.1, -0.05) is 55.9 Å². The number of carbonyl (C=O) groups excluding carboxylic acids is 1. The van der Waals surface area contributed by atoms with Gasteiger partial charge in [0.25, 0.3) is 0 Å². The number of aldehydes is 1. The van der Waals surface area contributed by atoms with Crippen LogP contribution in [0.25, 0.3) is 0 Å². The van der Waals surface area contributed by atoms with E-state index in [0.717, 1.165) is 6.29 Å². The van der Waals surface area contributed by atoms with E-state index in [1.54, 1.807) is 6.08 Å². The van der Waals surface area contributed by atoms with Gasteiger partial charge in [0.15, 0.2) is 0 Å². The highest BCUT2D eigenvalue weighted by molar-refractivity contribution is 5.44. The quantitative estimate of drug-likeness (QED) is 0.280. The average Bonchev–Trinajstić information content (AvgIpc) is 2.57. The largest absolute Gasteiger partial charge is 0.394 e. The van der Waals surface area contributed by atoms with Crippen LogP contribution in [0.5, 0.6) is 0 Å². The van der Waals surface area contributed by atoms with Gasteiger partial charge in [-0.15, -0.1) is 6.58 Å². The molecule has 1 unspecified atom stereocenters. The second-order valence-corrected chi connectivity index (χ2v) is 5.81. The molecule has 1 N–H and O–H groups in total. The molecule has 4 nitrogen and oxygen atoms in total. The average molecular weight is 369 g/mol. The van der Waals surface area contributed by atoms with Crippen LogP contribution in [-0.2, 0) is 14.3 Å². The number of rotatable bonds is 8. The summed E-state index contributed by atoms with van der Waals surface area (Å²) in [4.78, 5) is 8.81. The summed E-state index contributed by atoms with van der Waals surface area (Å²) in [6.07, 6.45) is 12.9. The van der Waals surface area contributed by atoms with Crippen LogP contribution in [0.15, 0.2) is 48.1 Å². The van der Waals surface area contributed by atoms with E-state index >= 15 is 0 Å². The number of hydrogen-bond donors (Lipinski definition) is 1. The first-order chi connectivity index (χ1) is 12.0. The number of hydrogen-bond acceptors (Lipinski definition) is 4. The van der Waals surface area contributed by atoms with Crippen molar-refractivity contribution in [3.63, 3.8) is 0 Å². The third-order valence-corrected chi connectivity index (χ3v) is 3.19. The molecule has 0 aliphatic heterocycles. The maximum atomic E-state index is 8.81. The lowest BCUT2D eigenvalue weighted by molar-refractivity contribution is -0.106. The fourth-order valence-electron chi connectivity index (χ4n) is 2.18. The van der Waals surface area contributed by atoms with Gasteiger partial charge in [0.1, 0.15) is 13.1 Å². The zero-order chi connectivity index (χ0) is 19.5. The van der Waals surface area contributed by atoms with Gasteiger partial charge in [-0.2, -0.15) is 0 Å². The summed E-state index contributed by atoms with van der Waals surface area (Å²) < 4.78 is 9.60. The van der Waals surface area contributed by atoms with Crippen molar-refractivity contribution >= 4 is 6.29 Å². The molecule has 152 valence electrons. The second kappa shape index (κ2) is 21.6. The fourth-order valence-corrected chi connectivity index (χ4v) is 2.18. The third kappa shape index (κ3) is 18.8. The van der Waals surface area contributed by atoms with Gasteiger partial charge in [-0.3, -0.25) is 0 Å². The van der Waals surface area contributed by atoms with Crippen LogP contribution in [0.2, 0.25) is 0 Å². The summed E-state index contributed by atoms with van der Waals surface area (Å²) in [5.74, 6) is 1.33. The van der Waals surface area contributed by atoms with E-state index in [1.165, 1.54) is 24.5 Å². The maximum Gasteiger partial charge on any atom is 0.147 e. The summed E-state index contributed by atoms with van der Waals surface area (Å²) >= 11 is 0. The van der Waals surface area contributed by atoms with Crippen LogP contribution >= 0.6 is 0 Å². The van der Waals surface area contributed by atoms with Crippen molar-refractivity contribution in [3.05, 3.63) is 48.1 Å². The molecule has 0 radical (unpaired) electrons. The molecule has 0 amide bonds. The molecule has 1 aliphatic rings. The highest BCUT2D eigenvalue weighted by Gasteiger charge is 2.15. The van der Waals surface area contributed by atoms with Crippen molar-refractivity contribution in [1.82, 2.24) is 0 Å². The molecule has 0 heterocycles. The fraction of sp³-hybridized carbons (Fsp3) is 0.591. The van der Waals surface area contributed by atoms with E-state index in [4.69, 9.17) is 19.4 Å². The highest BCUT2D eigenvalue weighted by atomic mass is 16.7. The van der Waals surface area contributed by atoms with Crippen LogP contribution in [0.3, 0.4) is 0 Å². The number of allylic oxidation sites excluding steroid dienone is 6. The van der Waals surface area contributed by atoms with E-state index in [9.17, 15) is 0 Å². The second-order valence-electron chi connectivity index (χ2n) is 5.81. The molecule has 1 aliphatic carbocycles. The summed E-state index contributed by atoms with van der Waals surface area (Å²) in [7, 11) is 0. The van der Waals surface area contributed by atoms with Gasteiger partial charge in [0.2, 0.25) is 0 Å². The van der Waals surface area contributed by atoms with Crippen molar-refractivity contribution in [3.8, 4) is 0 Å². The molecule has 2 atom stereocenters. The molecule has 0 fully saturated rings. The highest BCUT2D eigenvalue weighted by Crippen LogP contribution is 2.27. The van der Waals surface area contributed by atoms with Gasteiger partial charge < -0.3 is 19.4 Å². The topological polar surface area (TPSA) is 55.8 Å². The lowest BCUT2D eigenvalue weighted by Crippen LogP contribution is -2.10. The Hall–Kier alpha value is -1.49. The van der Waals surface area contributed by atoms with Crippen LogP contribution in [0.4, 0.5) is 0 Å². The minimum absolute atomic E-state index is 0. The van der Waals surface area contributed by atoms with E-state index in [2.05, 4.69) is 58.6 Å². The van der Waals surface area contributed by atoms with Crippen molar-refractivity contribution < 1.29 is 19.4 Å². The molecule has 0 aromatic carbocycles. The number of aliphatic hydroxyl groups is 1. The smallest absolute Gasteiger partial charge is 0.147 e. The van der Waals surface area contributed by atoms with Crippen LogP contribution in [0, 0.1) is 11.8 Å². The Morgan fingerprint density at radius 1 is 1.35 bits per heavy atom. The van der Waals surface area contributed by atoms with Crippen LogP contribution < -0.4 is 0 Å². The van der Waals surface area contributed by atoms with E-state index < -0.39 is 0 Å². The predicted molar refractivity (Wildman–Crippen MR) is 112 cm³/mol. The Kier molecular flexibility index (Phi) is 24.3. The third-order valence-electron chi connectivity index (χ3n) is 3.19. The van der Waals surface area contributed by atoms with Gasteiger partial charge in [-0.05, 0) is 40.0 Å². The summed E-state index contributed by atoms with van der Waals surface area (Å²) in [5.41, 5.74) is 2.83. The molecule has 0 aromatic rings. The Morgan fingerprint density at radius 3 is 2.42 bits per heavy atom. The Labute approximate surface area is 161 Å². The molecule has 26 heavy (non-hydrogen) atoms. The molecular weight excluding hydrogens is 328 g/mol. The summed E-state index contributed by atoms with van der Waals surface area (Å²) in [6.45, 7) is 14.8. The monoisotopic (exact) mass is 368 g/mol. The first-order valence-electron chi connectivity index (χ1n) is 8.75. The van der Waals surface area contributed by atoms with E-state index in [0.29, 0.717) is 25.0 Å².